The fraction of sp³-hybridized carbons (Fsp3) is 0.333. The number of rotatable bonds is 5. The smallest absolute Gasteiger partial charge is 0.257 e. The zero-order chi connectivity index (χ0) is 21.8. The van der Waals surface area contributed by atoms with Gasteiger partial charge in [-0.2, -0.15) is 0 Å². The molecule has 7 nitrogen and oxygen atoms in total. The number of pyridine rings is 1. The predicted octanol–water partition coefficient (Wildman–Crippen LogP) is 3.63. The van der Waals surface area contributed by atoms with E-state index in [1.54, 1.807) is 19.5 Å². The van der Waals surface area contributed by atoms with Crippen molar-refractivity contribution in [2.75, 3.05) is 39.2 Å². The number of methoxy groups -OCH3 is 1. The average molecular weight is 418 g/mol. The van der Waals surface area contributed by atoms with E-state index in [2.05, 4.69) is 4.98 Å². The number of aromatic nitrogens is 3. The normalized spacial score (nSPS) is 16.1. The summed E-state index contributed by atoms with van der Waals surface area (Å²) in [6.07, 6.45) is 5.42. The lowest BCUT2D eigenvalue weighted by Crippen LogP contribution is -2.39. The fourth-order valence-electron chi connectivity index (χ4n) is 3.91. The second kappa shape index (κ2) is 9.12. The van der Waals surface area contributed by atoms with E-state index in [0.29, 0.717) is 23.7 Å². The highest BCUT2D eigenvalue weighted by atomic mass is 16.5. The van der Waals surface area contributed by atoms with E-state index >= 15 is 0 Å². The van der Waals surface area contributed by atoms with Crippen LogP contribution in [0.15, 0.2) is 54.9 Å². The van der Waals surface area contributed by atoms with Crippen LogP contribution >= 0.6 is 0 Å². The molecule has 1 fully saturated rings. The van der Waals surface area contributed by atoms with E-state index in [0.717, 1.165) is 36.5 Å². The van der Waals surface area contributed by atoms with Crippen LogP contribution in [0.5, 0.6) is 5.75 Å². The SMILES string of the molecule is COc1ccccc1C(=O)N1CCC[C@H](c2cc(N(C)C)nc(-c3cccnc3)n2)C1. The summed E-state index contributed by atoms with van der Waals surface area (Å²) in [4.78, 5) is 30.9. The number of anilines is 1. The highest BCUT2D eigenvalue weighted by molar-refractivity contribution is 5.97. The Bertz CT molecular complexity index is 1050. The Kier molecular flexibility index (Phi) is 6.11. The Morgan fingerprint density at radius 1 is 1.16 bits per heavy atom. The van der Waals surface area contributed by atoms with Crippen LogP contribution in [0.3, 0.4) is 0 Å². The number of benzene rings is 1. The van der Waals surface area contributed by atoms with Crippen LogP contribution in [-0.4, -0.2) is 60.1 Å². The lowest BCUT2D eigenvalue weighted by atomic mass is 9.93. The molecule has 2 aromatic heterocycles. The number of hydrogen-bond donors (Lipinski definition) is 0. The Morgan fingerprint density at radius 3 is 2.74 bits per heavy atom. The monoisotopic (exact) mass is 417 g/mol. The van der Waals surface area contributed by atoms with Gasteiger partial charge in [0.25, 0.3) is 5.91 Å². The van der Waals surface area contributed by atoms with Crippen molar-refractivity contribution in [3.8, 4) is 17.1 Å². The van der Waals surface area contributed by atoms with Gasteiger partial charge in [0.2, 0.25) is 0 Å². The first-order valence-corrected chi connectivity index (χ1v) is 10.5. The molecule has 3 aromatic rings. The number of likely N-dealkylation sites (tertiary alicyclic amines) is 1. The molecule has 1 aromatic carbocycles. The van der Waals surface area contributed by atoms with Crippen LogP contribution in [-0.2, 0) is 0 Å². The van der Waals surface area contributed by atoms with Crippen molar-refractivity contribution in [2.24, 2.45) is 0 Å². The van der Waals surface area contributed by atoms with Gasteiger partial charge in [-0.1, -0.05) is 12.1 Å². The third-order valence-electron chi connectivity index (χ3n) is 5.57. The van der Waals surface area contributed by atoms with Crippen molar-refractivity contribution in [3.63, 3.8) is 0 Å². The molecule has 1 aliphatic rings. The van der Waals surface area contributed by atoms with Crippen LogP contribution in [0.25, 0.3) is 11.4 Å². The van der Waals surface area contributed by atoms with Gasteiger partial charge in [-0.3, -0.25) is 9.78 Å². The third kappa shape index (κ3) is 4.50. The molecule has 0 N–H and O–H groups in total. The van der Waals surface area contributed by atoms with Crippen molar-refractivity contribution in [1.82, 2.24) is 19.9 Å². The number of carbonyl (C=O) groups excluding carboxylic acids is 1. The molecule has 1 saturated heterocycles. The number of carbonyl (C=O) groups is 1. The maximum Gasteiger partial charge on any atom is 0.257 e. The van der Waals surface area contributed by atoms with Crippen molar-refractivity contribution in [1.29, 1.82) is 0 Å². The Balaban J connectivity index is 1.63. The summed E-state index contributed by atoms with van der Waals surface area (Å²) < 4.78 is 5.40. The molecule has 3 heterocycles. The first kappa shape index (κ1) is 20.8. The Labute approximate surface area is 182 Å². The average Bonchev–Trinajstić information content (AvgIpc) is 2.83. The van der Waals surface area contributed by atoms with Gasteiger partial charge >= 0.3 is 0 Å². The van der Waals surface area contributed by atoms with Crippen LogP contribution in [0.4, 0.5) is 5.82 Å². The van der Waals surface area contributed by atoms with Gasteiger partial charge in [-0.15, -0.1) is 0 Å². The molecule has 0 aliphatic carbocycles. The lowest BCUT2D eigenvalue weighted by Gasteiger charge is -2.33. The molecule has 7 heteroatoms. The minimum atomic E-state index is -0.00322. The highest BCUT2D eigenvalue weighted by Gasteiger charge is 2.28. The van der Waals surface area contributed by atoms with E-state index < -0.39 is 0 Å². The Morgan fingerprint density at radius 2 is 2.00 bits per heavy atom. The van der Waals surface area contributed by atoms with Gasteiger partial charge in [-0.25, -0.2) is 9.97 Å². The van der Waals surface area contributed by atoms with Crippen LogP contribution in [0.1, 0.15) is 34.8 Å². The zero-order valence-electron chi connectivity index (χ0n) is 18.2. The molecule has 0 radical (unpaired) electrons. The van der Waals surface area contributed by atoms with Crippen LogP contribution in [0, 0.1) is 0 Å². The van der Waals surface area contributed by atoms with E-state index in [-0.39, 0.29) is 11.8 Å². The van der Waals surface area contributed by atoms with Crippen LogP contribution < -0.4 is 9.64 Å². The maximum atomic E-state index is 13.2. The summed E-state index contributed by atoms with van der Waals surface area (Å²) >= 11 is 0. The number of nitrogens with zero attached hydrogens (tertiary/aromatic N) is 5. The molecule has 0 saturated carbocycles. The first-order chi connectivity index (χ1) is 15.1. The van der Waals surface area contributed by atoms with Gasteiger partial charge in [-0.05, 0) is 37.1 Å². The molecular weight excluding hydrogens is 390 g/mol. The zero-order valence-corrected chi connectivity index (χ0v) is 18.2. The van der Waals surface area contributed by atoms with E-state index in [1.165, 1.54) is 0 Å². The lowest BCUT2D eigenvalue weighted by molar-refractivity contribution is 0.0702. The summed E-state index contributed by atoms with van der Waals surface area (Å²) in [5.41, 5.74) is 2.43. The number of para-hydroxylation sites is 1. The standard InChI is InChI=1S/C24H27N5O2/c1-28(2)22-14-20(26-23(27-22)17-8-6-12-25-15-17)18-9-7-13-29(16-18)24(30)19-10-4-5-11-21(19)31-3/h4-6,8,10-12,14-15,18H,7,9,13,16H2,1-3H3/t18-/m0/s1. The number of piperidine rings is 1. The molecule has 0 spiro atoms. The highest BCUT2D eigenvalue weighted by Crippen LogP contribution is 2.31. The molecular formula is C24H27N5O2. The van der Waals surface area contributed by atoms with Gasteiger partial charge in [0.1, 0.15) is 11.6 Å². The minimum Gasteiger partial charge on any atom is -0.496 e. The van der Waals surface area contributed by atoms with Gasteiger partial charge in [0, 0.05) is 57.1 Å². The number of hydrogen-bond acceptors (Lipinski definition) is 6. The Hall–Kier alpha value is -3.48. The molecule has 1 atom stereocenters. The molecule has 1 amide bonds. The molecule has 1 aliphatic heterocycles. The second-order valence-corrected chi connectivity index (χ2v) is 7.90. The molecule has 0 bridgehead atoms. The summed E-state index contributed by atoms with van der Waals surface area (Å²) in [5, 5.41) is 0. The fourth-order valence-corrected chi connectivity index (χ4v) is 3.91. The largest absolute Gasteiger partial charge is 0.496 e. The number of amides is 1. The van der Waals surface area contributed by atoms with Crippen molar-refractivity contribution >= 4 is 11.7 Å². The second-order valence-electron chi connectivity index (χ2n) is 7.90. The number of ether oxygens (including phenoxy) is 1. The van der Waals surface area contributed by atoms with Gasteiger partial charge in [0.15, 0.2) is 5.82 Å². The molecule has 31 heavy (non-hydrogen) atoms. The third-order valence-corrected chi connectivity index (χ3v) is 5.57. The van der Waals surface area contributed by atoms with Crippen LogP contribution in [0.2, 0.25) is 0 Å². The predicted molar refractivity (Wildman–Crippen MR) is 120 cm³/mol. The molecule has 160 valence electrons. The molecule has 4 rings (SSSR count). The van der Waals surface area contributed by atoms with Crippen molar-refractivity contribution in [3.05, 3.63) is 66.1 Å². The summed E-state index contributed by atoms with van der Waals surface area (Å²) in [7, 11) is 5.53. The summed E-state index contributed by atoms with van der Waals surface area (Å²) in [6.45, 7) is 1.35. The molecule has 0 unspecified atom stereocenters. The summed E-state index contributed by atoms with van der Waals surface area (Å²) in [5.74, 6) is 2.24. The van der Waals surface area contributed by atoms with Crippen molar-refractivity contribution < 1.29 is 9.53 Å². The minimum absolute atomic E-state index is 0.00322. The van der Waals surface area contributed by atoms with E-state index in [4.69, 9.17) is 14.7 Å². The quantitative estimate of drug-likeness (QED) is 0.631. The topological polar surface area (TPSA) is 71.5 Å². The first-order valence-electron chi connectivity index (χ1n) is 10.5. The summed E-state index contributed by atoms with van der Waals surface area (Å²) in [6, 6.07) is 13.3. The van der Waals surface area contributed by atoms with Gasteiger partial charge in [0.05, 0.1) is 18.4 Å². The maximum absolute atomic E-state index is 13.2. The van der Waals surface area contributed by atoms with Crippen molar-refractivity contribution in [2.45, 2.75) is 18.8 Å². The van der Waals surface area contributed by atoms with E-state index in [1.807, 2.05) is 66.4 Å². The van der Waals surface area contributed by atoms with Gasteiger partial charge < -0.3 is 14.5 Å². The van der Waals surface area contributed by atoms with E-state index in [9.17, 15) is 4.79 Å².